The standard InChI is InChI=1S/C18H19NO4S/c1-13(2)10-14-4-7-16(8-5-14)24(20,21)23-17-9-6-15(12-19)11-18(17)22-3/h4-9,11,13H,10H2,1-3H3. The third-order valence-corrected chi connectivity index (χ3v) is 4.60. The topological polar surface area (TPSA) is 76.4 Å². The van der Waals surface area contributed by atoms with Crippen LogP contribution >= 0.6 is 0 Å². The lowest BCUT2D eigenvalue weighted by Gasteiger charge is -2.11. The number of methoxy groups -OCH3 is 1. The Morgan fingerprint density at radius 1 is 1.08 bits per heavy atom. The summed E-state index contributed by atoms with van der Waals surface area (Å²) in [5.41, 5.74) is 1.43. The number of ether oxygens (including phenoxy) is 1. The van der Waals surface area contributed by atoms with Gasteiger partial charge in [-0.05, 0) is 42.2 Å². The Morgan fingerprint density at radius 3 is 2.29 bits per heavy atom. The number of hydrogen-bond donors (Lipinski definition) is 0. The van der Waals surface area contributed by atoms with E-state index in [1.54, 1.807) is 12.1 Å². The summed E-state index contributed by atoms with van der Waals surface area (Å²) in [7, 11) is -2.59. The van der Waals surface area contributed by atoms with E-state index in [-0.39, 0.29) is 16.4 Å². The highest BCUT2D eigenvalue weighted by atomic mass is 32.2. The monoisotopic (exact) mass is 345 g/mol. The summed E-state index contributed by atoms with van der Waals surface area (Å²) in [6, 6.07) is 12.9. The fourth-order valence-electron chi connectivity index (χ4n) is 2.24. The number of rotatable bonds is 6. The molecular weight excluding hydrogens is 326 g/mol. The lowest BCUT2D eigenvalue weighted by molar-refractivity contribution is 0.390. The van der Waals surface area contributed by atoms with E-state index in [0.717, 1.165) is 12.0 Å². The molecule has 0 unspecified atom stereocenters. The molecule has 0 aliphatic heterocycles. The van der Waals surface area contributed by atoms with Crippen LogP contribution in [0.3, 0.4) is 0 Å². The third kappa shape index (κ3) is 4.27. The van der Waals surface area contributed by atoms with Crippen molar-refractivity contribution in [2.24, 2.45) is 5.92 Å². The molecule has 0 fully saturated rings. The van der Waals surface area contributed by atoms with E-state index in [0.29, 0.717) is 11.5 Å². The first-order valence-electron chi connectivity index (χ1n) is 7.47. The molecule has 6 heteroatoms. The molecule has 126 valence electrons. The fraction of sp³-hybridized carbons (Fsp3) is 0.278. The van der Waals surface area contributed by atoms with Gasteiger partial charge >= 0.3 is 10.1 Å². The second-order valence-electron chi connectivity index (χ2n) is 5.76. The summed E-state index contributed by atoms with van der Waals surface area (Å²) in [5.74, 6) is 0.725. The lowest BCUT2D eigenvalue weighted by Crippen LogP contribution is -2.10. The maximum Gasteiger partial charge on any atom is 0.339 e. The molecule has 0 saturated carbocycles. The largest absolute Gasteiger partial charge is 0.493 e. The molecule has 0 N–H and O–H groups in total. The zero-order chi connectivity index (χ0) is 17.7. The van der Waals surface area contributed by atoms with Gasteiger partial charge in [-0.2, -0.15) is 13.7 Å². The van der Waals surface area contributed by atoms with Crippen molar-refractivity contribution < 1.29 is 17.3 Å². The van der Waals surface area contributed by atoms with Crippen molar-refractivity contribution in [2.45, 2.75) is 25.2 Å². The average Bonchev–Trinajstić information content (AvgIpc) is 2.55. The normalized spacial score (nSPS) is 11.1. The summed E-state index contributed by atoms with van der Waals surface area (Å²) in [6.07, 6.45) is 0.880. The minimum atomic E-state index is -3.97. The van der Waals surface area contributed by atoms with Gasteiger partial charge in [-0.3, -0.25) is 0 Å². The Bertz CT molecular complexity index is 850. The molecule has 0 bridgehead atoms. The molecular formula is C18H19NO4S. The molecule has 0 amide bonds. The quantitative estimate of drug-likeness (QED) is 0.749. The van der Waals surface area contributed by atoms with E-state index in [4.69, 9.17) is 14.2 Å². The second kappa shape index (κ2) is 7.37. The van der Waals surface area contributed by atoms with Crippen LogP contribution < -0.4 is 8.92 Å². The van der Waals surface area contributed by atoms with E-state index >= 15 is 0 Å². The molecule has 0 aromatic heterocycles. The molecule has 0 saturated heterocycles. The lowest BCUT2D eigenvalue weighted by atomic mass is 10.0. The molecule has 24 heavy (non-hydrogen) atoms. The molecule has 2 aromatic carbocycles. The van der Waals surface area contributed by atoms with Crippen LogP contribution in [0.4, 0.5) is 0 Å². The number of nitriles is 1. The first-order chi connectivity index (χ1) is 11.4. The Hall–Kier alpha value is -2.52. The summed E-state index contributed by atoms with van der Waals surface area (Å²) in [6.45, 7) is 4.20. The third-order valence-electron chi connectivity index (χ3n) is 3.35. The van der Waals surface area contributed by atoms with Gasteiger partial charge < -0.3 is 8.92 Å². The summed E-state index contributed by atoms with van der Waals surface area (Å²) in [5, 5.41) is 8.88. The zero-order valence-corrected chi connectivity index (χ0v) is 14.6. The Labute approximate surface area is 142 Å². The van der Waals surface area contributed by atoms with Crippen LogP contribution in [0.1, 0.15) is 25.0 Å². The average molecular weight is 345 g/mol. The van der Waals surface area contributed by atoms with Gasteiger partial charge in [0, 0.05) is 6.07 Å². The molecule has 0 aliphatic carbocycles. The molecule has 0 heterocycles. The van der Waals surface area contributed by atoms with Crippen LogP contribution in [-0.4, -0.2) is 15.5 Å². The van der Waals surface area contributed by atoms with Crippen molar-refractivity contribution in [3.05, 3.63) is 53.6 Å². The Balaban J connectivity index is 2.27. The van der Waals surface area contributed by atoms with Gasteiger partial charge in [-0.25, -0.2) is 0 Å². The first-order valence-corrected chi connectivity index (χ1v) is 8.88. The summed E-state index contributed by atoms with van der Waals surface area (Å²) >= 11 is 0. The Morgan fingerprint density at radius 2 is 1.75 bits per heavy atom. The van der Waals surface area contributed by atoms with Crippen LogP contribution in [-0.2, 0) is 16.5 Å². The first kappa shape index (κ1) is 17.8. The van der Waals surface area contributed by atoms with Crippen molar-refractivity contribution in [2.75, 3.05) is 7.11 Å². The van der Waals surface area contributed by atoms with Crippen LogP contribution in [0.2, 0.25) is 0 Å². The van der Waals surface area contributed by atoms with E-state index in [2.05, 4.69) is 13.8 Å². The molecule has 2 aromatic rings. The van der Waals surface area contributed by atoms with Crippen LogP contribution in [0.15, 0.2) is 47.4 Å². The van der Waals surface area contributed by atoms with Crippen molar-refractivity contribution >= 4 is 10.1 Å². The van der Waals surface area contributed by atoms with Crippen molar-refractivity contribution in [1.29, 1.82) is 5.26 Å². The molecule has 5 nitrogen and oxygen atoms in total. The highest BCUT2D eigenvalue weighted by molar-refractivity contribution is 7.87. The highest BCUT2D eigenvalue weighted by Crippen LogP contribution is 2.30. The predicted octanol–water partition coefficient (Wildman–Crippen LogP) is 3.53. The van der Waals surface area contributed by atoms with Crippen LogP contribution in [0, 0.1) is 17.2 Å². The van der Waals surface area contributed by atoms with Gasteiger partial charge in [0.25, 0.3) is 0 Å². The molecule has 0 spiro atoms. The van der Waals surface area contributed by atoms with Gasteiger partial charge in [-0.15, -0.1) is 0 Å². The maximum atomic E-state index is 12.4. The summed E-state index contributed by atoms with van der Waals surface area (Å²) in [4.78, 5) is 0.0708. The second-order valence-corrected chi connectivity index (χ2v) is 7.30. The molecule has 0 aliphatic rings. The van der Waals surface area contributed by atoms with E-state index in [1.165, 1.54) is 37.4 Å². The van der Waals surface area contributed by atoms with E-state index < -0.39 is 10.1 Å². The van der Waals surface area contributed by atoms with Gasteiger partial charge in [0.05, 0.1) is 18.7 Å². The van der Waals surface area contributed by atoms with Crippen LogP contribution in [0.25, 0.3) is 0 Å². The van der Waals surface area contributed by atoms with E-state index in [1.807, 2.05) is 6.07 Å². The van der Waals surface area contributed by atoms with Crippen molar-refractivity contribution in [3.8, 4) is 17.6 Å². The van der Waals surface area contributed by atoms with Crippen LogP contribution in [0.5, 0.6) is 11.5 Å². The Kier molecular flexibility index (Phi) is 5.47. The number of nitrogens with zero attached hydrogens (tertiary/aromatic N) is 1. The van der Waals surface area contributed by atoms with Gasteiger partial charge in [0.1, 0.15) is 4.90 Å². The SMILES string of the molecule is COc1cc(C#N)ccc1OS(=O)(=O)c1ccc(CC(C)C)cc1. The maximum absolute atomic E-state index is 12.4. The van der Waals surface area contributed by atoms with E-state index in [9.17, 15) is 8.42 Å². The van der Waals surface area contributed by atoms with Crippen molar-refractivity contribution in [3.63, 3.8) is 0 Å². The highest BCUT2D eigenvalue weighted by Gasteiger charge is 2.19. The van der Waals surface area contributed by atoms with Gasteiger partial charge in [-0.1, -0.05) is 26.0 Å². The van der Waals surface area contributed by atoms with Gasteiger partial charge in [0.2, 0.25) is 0 Å². The minimum absolute atomic E-state index is 0.0442. The van der Waals surface area contributed by atoms with Crippen molar-refractivity contribution in [1.82, 2.24) is 0 Å². The molecule has 2 rings (SSSR count). The van der Waals surface area contributed by atoms with Gasteiger partial charge in [0.15, 0.2) is 11.5 Å². The number of hydrogen-bond acceptors (Lipinski definition) is 5. The smallest absolute Gasteiger partial charge is 0.339 e. The molecule has 0 radical (unpaired) electrons. The molecule has 0 atom stereocenters. The fourth-order valence-corrected chi connectivity index (χ4v) is 3.18. The summed E-state index contributed by atoms with van der Waals surface area (Å²) < 4.78 is 35.1. The predicted molar refractivity (Wildman–Crippen MR) is 90.5 cm³/mol. The zero-order valence-electron chi connectivity index (χ0n) is 13.8. The number of benzene rings is 2. The minimum Gasteiger partial charge on any atom is -0.493 e.